The van der Waals surface area contributed by atoms with Crippen LogP contribution in [-0.4, -0.2) is 30.0 Å². The smallest absolute Gasteiger partial charge is 0.0753 e. The highest BCUT2D eigenvalue weighted by Crippen LogP contribution is 2.13. The van der Waals surface area contributed by atoms with Crippen molar-refractivity contribution in [3.63, 3.8) is 0 Å². The molecule has 0 atom stereocenters. The number of H-pyrrole nitrogens is 1. The zero-order chi connectivity index (χ0) is 8.39. The first-order valence-electron chi connectivity index (χ1n) is 4.18. The van der Waals surface area contributed by atoms with Crippen LogP contribution in [0.3, 0.4) is 0 Å². The van der Waals surface area contributed by atoms with Crippen LogP contribution in [0, 0.1) is 12.8 Å². The number of aryl methyl sites for hydroxylation is 1. The summed E-state index contributed by atoms with van der Waals surface area (Å²) in [7, 11) is 0. The lowest BCUT2D eigenvalue weighted by Gasteiger charge is -2.26. The van der Waals surface area contributed by atoms with Crippen molar-refractivity contribution in [2.45, 2.75) is 6.92 Å². The Balaban J connectivity index is 1.82. The summed E-state index contributed by atoms with van der Waals surface area (Å²) in [6.45, 7) is 4.78. The van der Waals surface area contributed by atoms with Crippen LogP contribution in [0.15, 0.2) is 6.20 Å². The van der Waals surface area contributed by atoms with Crippen molar-refractivity contribution < 1.29 is 4.74 Å². The predicted molar refractivity (Wildman–Crippen MR) is 46.1 cm³/mol. The molecule has 1 aromatic rings. The van der Waals surface area contributed by atoms with E-state index >= 15 is 0 Å². The Morgan fingerprint density at radius 3 is 3.08 bits per heavy atom. The third-order valence-electron chi connectivity index (χ3n) is 2.12. The van der Waals surface area contributed by atoms with Crippen molar-refractivity contribution in [3.05, 3.63) is 11.9 Å². The molecule has 0 unspecified atom stereocenters. The van der Waals surface area contributed by atoms with E-state index in [-0.39, 0.29) is 0 Å². The zero-order valence-corrected chi connectivity index (χ0v) is 7.13. The number of nitrogens with one attached hydrogen (secondary N) is 2. The van der Waals surface area contributed by atoms with Gasteiger partial charge in [0.15, 0.2) is 0 Å². The average Bonchev–Trinajstić information content (AvgIpc) is 2.33. The SMILES string of the molecule is Cc1[nH]ncc1NCC1COC1. The number of ether oxygens (including phenoxy) is 1. The Hall–Kier alpha value is -1.03. The van der Waals surface area contributed by atoms with Gasteiger partial charge in [0.05, 0.1) is 30.8 Å². The van der Waals surface area contributed by atoms with E-state index in [2.05, 4.69) is 15.5 Å². The van der Waals surface area contributed by atoms with Crippen molar-refractivity contribution in [1.29, 1.82) is 0 Å². The molecule has 12 heavy (non-hydrogen) atoms. The van der Waals surface area contributed by atoms with Gasteiger partial charge in [-0.05, 0) is 6.92 Å². The highest BCUT2D eigenvalue weighted by Gasteiger charge is 2.17. The predicted octanol–water partition coefficient (Wildman–Crippen LogP) is 0.776. The Morgan fingerprint density at radius 1 is 1.75 bits per heavy atom. The average molecular weight is 167 g/mol. The van der Waals surface area contributed by atoms with Gasteiger partial charge in [-0.2, -0.15) is 5.10 Å². The largest absolute Gasteiger partial charge is 0.382 e. The fourth-order valence-electron chi connectivity index (χ4n) is 1.19. The van der Waals surface area contributed by atoms with Gasteiger partial charge in [0.1, 0.15) is 0 Å². The molecule has 0 radical (unpaired) electrons. The highest BCUT2D eigenvalue weighted by atomic mass is 16.5. The molecule has 0 aliphatic carbocycles. The van der Waals surface area contributed by atoms with E-state index in [1.165, 1.54) is 0 Å². The number of nitrogens with zero attached hydrogens (tertiary/aromatic N) is 1. The molecule has 0 bridgehead atoms. The third kappa shape index (κ3) is 1.43. The standard InChI is InChI=1S/C8H13N3O/c1-6-8(3-10-11-6)9-2-7-4-12-5-7/h3,7,9H,2,4-5H2,1H3,(H,10,11). The number of aromatic nitrogens is 2. The van der Waals surface area contributed by atoms with Crippen LogP contribution in [0.25, 0.3) is 0 Å². The van der Waals surface area contributed by atoms with Crippen LogP contribution >= 0.6 is 0 Å². The molecule has 0 saturated carbocycles. The van der Waals surface area contributed by atoms with E-state index in [9.17, 15) is 0 Å². The van der Waals surface area contributed by atoms with E-state index in [0.717, 1.165) is 31.1 Å². The maximum absolute atomic E-state index is 5.07. The zero-order valence-electron chi connectivity index (χ0n) is 7.13. The maximum Gasteiger partial charge on any atom is 0.0753 e. The Bertz CT molecular complexity index is 255. The summed E-state index contributed by atoms with van der Waals surface area (Å²) in [5.41, 5.74) is 2.19. The number of hydrogen-bond acceptors (Lipinski definition) is 3. The molecule has 1 aliphatic heterocycles. The van der Waals surface area contributed by atoms with Crippen molar-refractivity contribution in [1.82, 2.24) is 10.2 Å². The van der Waals surface area contributed by atoms with Gasteiger partial charge in [-0.25, -0.2) is 0 Å². The first-order valence-corrected chi connectivity index (χ1v) is 4.18. The van der Waals surface area contributed by atoms with Gasteiger partial charge in [-0.1, -0.05) is 0 Å². The summed E-state index contributed by atoms with van der Waals surface area (Å²) in [6, 6.07) is 0. The van der Waals surface area contributed by atoms with E-state index in [1.54, 1.807) is 0 Å². The molecule has 2 heterocycles. The summed E-state index contributed by atoms with van der Waals surface area (Å²) in [6.07, 6.45) is 1.81. The summed E-state index contributed by atoms with van der Waals surface area (Å²) >= 11 is 0. The molecule has 2 rings (SSSR count). The number of anilines is 1. The molecule has 4 heteroatoms. The summed E-state index contributed by atoms with van der Waals surface area (Å²) in [4.78, 5) is 0. The lowest BCUT2D eigenvalue weighted by molar-refractivity contribution is -0.0248. The van der Waals surface area contributed by atoms with Crippen LogP contribution in [0.1, 0.15) is 5.69 Å². The second-order valence-corrected chi connectivity index (χ2v) is 3.19. The first kappa shape index (κ1) is 7.61. The van der Waals surface area contributed by atoms with Gasteiger partial charge in [0.25, 0.3) is 0 Å². The lowest BCUT2D eigenvalue weighted by atomic mass is 10.1. The molecule has 1 fully saturated rings. The van der Waals surface area contributed by atoms with Gasteiger partial charge in [-0.3, -0.25) is 5.10 Å². The van der Waals surface area contributed by atoms with Gasteiger partial charge in [0.2, 0.25) is 0 Å². The molecule has 0 amide bonds. The van der Waals surface area contributed by atoms with E-state index in [0.29, 0.717) is 5.92 Å². The summed E-state index contributed by atoms with van der Waals surface area (Å²) < 4.78 is 5.07. The molecule has 1 saturated heterocycles. The molecule has 4 nitrogen and oxygen atoms in total. The topological polar surface area (TPSA) is 49.9 Å². The molecular weight excluding hydrogens is 154 g/mol. The molecule has 1 aliphatic rings. The molecule has 66 valence electrons. The normalized spacial score (nSPS) is 17.4. The van der Waals surface area contributed by atoms with Crippen LogP contribution in [0.2, 0.25) is 0 Å². The molecular formula is C8H13N3O. The molecule has 2 N–H and O–H groups in total. The minimum absolute atomic E-state index is 0.680. The van der Waals surface area contributed by atoms with Crippen LogP contribution in [-0.2, 0) is 4.74 Å². The van der Waals surface area contributed by atoms with E-state index in [4.69, 9.17) is 4.74 Å². The minimum Gasteiger partial charge on any atom is -0.382 e. The highest BCUT2D eigenvalue weighted by molar-refractivity contribution is 5.44. The Morgan fingerprint density at radius 2 is 2.58 bits per heavy atom. The quantitative estimate of drug-likeness (QED) is 0.699. The van der Waals surface area contributed by atoms with Crippen molar-refractivity contribution in [2.24, 2.45) is 5.92 Å². The van der Waals surface area contributed by atoms with Gasteiger partial charge < -0.3 is 10.1 Å². The van der Waals surface area contributed by atoms with Gasteiger partial charge in [-0.15, -0.1) is 0 Å². The summed E-state index contributed by atoms with van der Waals surface area (Å²) in [5.74, 6) is 0.680. The molecule has 0 spiro atoms. The van der Waals surface area contributed by atoms with E-state index in [1.807, 2.05) is 13.1 Å². The van der Waals surface area contributed by atoms with E-state index < -0.39 is 0 Å². The number of hydrogen-bond donors (Lipinski definition) is 2. The second kappa shape index (κ2) is 3.15. The fourth-order valence-corrected chi connectivity index (χ4v) is 1.19. The van der Waals surface area contributed by atoms with Gasteiger partial charge in [0, 0.05) is 12.5 Å². The maximum atomic E-state index is 5.07. The fraction of sp³-hybridized carbons (Fsp3) is 0.625. The number of rotatable bonds is 3. The second-order valence-electron chi connectivity index (χ2n) is 3.19. The molecule has 1 aromatic heterocycles. The van der Waals surface area contributed by atoms with Crippen molar-refractivity contribution in [2.75, 3.05) is 25.1 Å². The Kier molecular flexibility index (Phi) is 1.99. The lowest BCUT2D eigenvalue weighted by Crippen LogP contribution is -2.33. The van der Waals surface area contributed by atoms with Crippen molar-refractivity contribution >= 4 is 5.69 Å². The Labute approximate surface area is 71.3 Å². The molecule has 0 aromatic carbocycles. The van der Waals surface area contributed by atoms with Crippen LogP contribution < -0.4 is 5.32 Å². The van der Waals surface area contributed by atoms with Crippen LogP contribution in [0.5, 0.6) is 0 Å². The number of aromatic amines is 1. The minimum atomic E-state index is 0.680. The first-order chi connectivity index (χ1) is 5.86. The third-order valence-corrected chi connectivity index (χ3v) is 2.12. The van der Waals surface area contributed by atoms with Crippen LogP contribution in [0.4, 0.5) is 5.69 Å². The summed E-state index contributed by atoms with van der Waals surface area (Å²) in [5, 5.41) is 10.1. The van der Waals surface area contributed by atoms with Crippen molar-refractivity contribution in [3.8, 4) is 0 Å². The van der Waals surface area contributed by atoms with Gasteiger partial charge >= 0.3 is 0 Å². The monoisotopic (exact) mass is 167 g/mol.